The van der Waals surface area contributed by atoms with Crippen LogP contribution in [-0.2, 0) is 16.1 Å². The van der Waals surface area contributed by atoms with E-state index in [-0.39, 0.29) is 18.5 Å². The van der Waals surface area contributed by atoms with Crippen molar-refractivity contribution in [2.45, 2.75) is 12.7 Å². The molecule has 1 aliphatic heterocycles. The van der Waals surface area contributed by atoms with Gasteiger partial charge in [-0.15, -0.1) is 12.4 Å². The standard InChI is InChI=1S/C16H19NO2.ClH/c1-2-7-16-13(4-1)5-3-6-14(16)11-18-12-15-10-17-8-9-19-15;/h1-7,15,17H,8-12H2;1H. The van der Waals surface area contributed by atoms with Crippen molar-refractivity contribution >= 4 is 23.2 Å². The SMILES string of the molecule is Cl.c1ccc2c(COCC3CNCCO3)cccc2c1. The van der Waals surface area contributed by atoms with Gasteiger partial charge in [0.05, 0.1) is 25.9 Å². The molecule has 0 aliphatic carbocycles. The second-order valence-corrected chi connectivity index (χ2v) is 4.85. The first kappa shape index (κ1) is 15.3. The van der Waals surface area contributed by atoms with Crippen LogP contribution in [0.5, 0.6) is 0 Å². The van der Waals surface area contributed by atoms with E-state index in [1.165, 1.54) is 16.3 Å². The molecule has 1 fully saturated rings. The number of hydrogen-bond donors (Lipinski definition) is 1. The molecule has 1 N–H and O–H groups in total. The predicted molar refractivity (Wildman–Crippen MR) is 83.5 cm³/mol. The molecule has 1 heterocycles. The molecular formula is C16H20ClNO2. The Kier molecular flexibility index (Phi) is 5.80. The van der Waals surface area contributed by atoms with Gasteiger partial charge in [-0.25, -0.2) is 0 Å². The summed E-state index contributed by atoms with van der Waals surface area (Å²) in [6.07, 6.45) is 0.184. The monoisotopic (exact) mass is 293 g/mol. The molecule has 20 heavy (non-hydrogen) atoms. The number of nitrogens with one attached hydrogen (secondary N) is 1. The van der Waals surface area contributed by atoms with Gasteiger partial charge in [0.15, 0.2) is 0 Å². The molecule has 3 nitrogen and oxygen atoms in total. The van der Waals surface area contributed by atoms with Gasteiger partial charge in [0.2, 0.25) is 0 Å². The molecule has 108 valence electrons. The minimum absolute atomic E-state index is 0. The molecule has 2 aromatic rings. The maximum absolute atomic E-state index is 5.80. The summed E-state index contributed by atoms with van der Waals surface area (Å²) >= 11 is 0. The van der Waals surface area contributed by atoms with Gasteiger partial charge in [0.25, 0.3) is 0 Å². The van der Waals surface area contributed by atoms with E-state index in [4.69, 9.17) is 9.47 Å². The summed E-state index contributed by atoms with van der Waals surface area (Å²) in [6, 6.07) is 14.8. The van der Waals surface area contributed by atoms with E-state index in [9.17, 15) is 0 Å². The molecule has 2 aromatic carbocycles. The highest BCUT2D eigenvalue weighted by Crippen LogP contribution is 2.19. The molecule has 0 aromatic heterocycles. The Morgan fingerprint density at radius 1 is 1.15 bits per heavy atom. The first-order valence-electron chi connectivity index (χ1n) is 6.80. The Morgan fingerprint density at radius 2 is 2.00 bits per heavy atom. The summed E-state index contributed by atoms with van der Waals surface area (Å²) < 4.78 is 11.4. The Morgan fingerprint density at radius 3 is 2.85 bits per heavy atom. The van der Waals surface area contributed by atoms with Crippen molar-refractivity contribution in [1.29, 1.82) is 0 Å². The van der Waals surface area contributed by atoms with Crippen LogP contribution in [0.1, 0.15) is 5.56 Å². The largest absolute Gasteiger partial charge is 0.374 e. The predicted octanol–water partition coefficient (Wildman–Crippen LogP) is 2.77. The second kappa shape index (κ2) is 7.60. The Labute approximate surface area is 125 Å². The first-order chi connectivity index (χ1) is 9.43. The summed E-state index contributed by atoms with van der Waals surface area (Å²) in [5, 5.41) is 5.84. The van der Waals surface area contributed by atoms with E-state index in [2.05, 4.69) is 47.8 Å². The van der Waals surface area contributed by atoms with Crippen LogP contribution in [0.2, 0.25) is 0 Å². The molecule has 1 atom stereocenters. The fourth-order valence-electron chi connectivity index (χ4n) is 2.45. The second-order valence-electron chi connectivity index (χ2n) is 4.85. The molecular weight excluding hydrogens is 274 g/mol. The maximum atomic E-state index is 5.80. The van der Waals surface area contributed by atoms with Gasteiger partial charge >= 0.3 is 0 Å². The fraction of sp³-hybridized carbons (Fsp3) is 0.375. The number of rotatable bonds is 4. The molecule has 0 saturated carbocycles. The summed E-state index contributed by atoms with van der Waals surface area (Å²) in [4.78, 5) is 0. The van der Waals surface area contributed by atoms with E-state index in [0.29, 0.717) is 13.2 Å². The molecule has 1 aliphatic rings. The normalized spacial score (nSPS) is 18.7. The van der Waals surface area contributed by atoms with E-state index < -0.39 is 0 Å². The smallest absolute Gasteiger partial charge is 0.0933 e. The summed E-state index contributed by atoms with van der Waals surface area (Å²) in [5.41, 5.74) is 1.24. The third-order valence-corrected chi connectivity index (χ3v) is 3.45. The van der Waals surface area contributed by atoms with Crippen molar-refractivity contribution in [1.82, 2.24) is 5.32 Å². The maximum Gasteiger partial charge on any atom is 0.0933 e. The Bertz CT molecular complexity index is 535. The van der Waals surface area contributed by atoms with E-state index in [1.807, 2.05) is 0 Å². The van der Waals surface area contributed by atoms with E-state index >= 15 is 0 Å². The van der Waals surface area contributed by atoms with Crippen LogP contribution in [-0.4, -0.2) is 32.4 Å². The Hall–Kier alpha value is -1.13. The van der Waals surface area contributed by atoms with Crippen LogP contribution < -0.4 is 5.32 Å². The van der Waals surface area contributed by atoms with Crippen LogP contribution >= 0.6 is 12.4 Å². The van der Waals surface area contributed by atoms with E-state index in [0.717, 1.165) is 19.7 Å². The minimum Gasteiger partial charge on any atom is -0.374 e. The van der Waals surface area contributed by atoms with Crippen LogP contribution in [0.15, 0.2) is 42.5 Å². The average Bonchev–Trinajstić information content (AvgIpc) is 2.49. The van der Waals surface area contributed by atoms with Gasteiger partial charge in [-0.3, -0.25) is 0 Å². The highest BCUT2D eigenvalue weighted by Gasteiger charge is 2.13. The molecule has 0 amide bonds. The molecule has 1 unspecified atom stereocenters. The molecule has 0 bridgehead atoms. The van der Waals surface area contributed by atoms with Crippen molar-refractivity contribution in [3.8, 4) is 0 Å². The van der Waals surface area contributed by atoms with E-state index in [1.54, 1.807) is 0 Å². The van der Waals surface area contributed by atoms with Gasteiger partial charge in [0.1, 0.15) is 0 Å². The lowest BCUT2D eigenvalue weighted by atomic mass is 10.1. The molecule has 0 radical (unpaired) electrons. The van der Waals surface area contributed by atoms with Crippen LogP contribution in [0.3, 0.4) is 0 Å². The Balaban J connectivity index is 0.00000147. The highest BCUT2D eigenvalue weighted by molar-refractivity contribution is 5.85. The molecule has 0 spiro atoms. The molecule has 3 rings (SSSR count). The van der Waals surface area contributed by atoms with Gasteiger partial charge in [-0.2, -0.15) is 0 Å². The first-order valence-corrected chi connectivity index (χ1v) is 6.80. The fourth-order valence-corrected chi connectivity index (χ4v) is 2.45. The average molecular weight is 294 g/mol. The van der Waals surface area contributed by atoms with Crippen molar-refractivity contribution in [2.75, 3.05) is 26.3 Å². The summed E-state index contributed by atoms with van der Waals surface area (Å²) in [5.74, 6) is 0. The van der Waals surface area contributed by atoms with Crippen molar-refractivity contribution in [3.05, 3.63) is 48.0 Å². The lowest BCUT2D eigenvalue weighted by Gasteiger charge is -2.23. The lowest BCUT2D eigenvalue weighted by Crippen LogP contribution is -2.40. The van der Waals surface area contributed by atoms with Crippen LogP contribution in [0, 0.1) is 0 Å². The van der Waals surface area contributed by atoms with Crippen LogP contribution in [0.4, 0.5) is 0 Å². The molecule has 1 saturated heterocycles. The van der Waals surface area contributed by atoms with Crippen molar-refractivity contribution in [3.63, 3.8) is 0 Å². The van der Waals surface area contributed by atoms with Gasteiger partial charge in [-0.1, -0.05) is 42.5 Å². The minimum atomic E-state index is 0. The summed E-state index contributed by atoms with van der Waals surface area (Å²) in [7, 11) is 0. The number of morpholine rings is 1. The molecule has 4 heteroatoms. The number of benzene rings is 2. The number of fused-ring (bicyclic) bond motifs is 1. The zero-order chi connectivity index (χ0) is 12.9. The van der Waals surface area contributed by atoms with Crippen LogP contribution in [0.25, 0.3) is 10.8 Å². The van der Waals surface area contributed by atoms with Crippen molar-refractivity contribution in [2.24, 2.45) is 0 Å². The number of halogens is 1. The lowest BCUT2D eigenvalue weighted by molar-refractivity contribution is -0.0355. The van der Waals surface area contributed by atoms with Gasteiger partial charge in [0, 0.05) is 13.1 Å². The zero-order valence-electron chi connectivity index (χ0n) is 11.4. The summed E-state index contributed by atoms with van der Waals surface area (Å²) in [6.45, 7) is 3.90. The van der Waals surface area contributed by atoms with Crippen molar-refractivity contribution < 1.29 is 9.47 Å². The van der Waals surface area contributed by atoms with Gasteiger partial charge in [-0.05, 0) is 16.3 Å². The number of ether oxygens (including phenoxy) is 2. The quantitative estimate of drug-likeness (QED) is 0.940. The zero-order valence-corrected chi connectivity index (χ0v) is 12.2. The highest BCUT2D eigenvalue weighted by atomic mass is 35.5. The number of hydrogen-bond acceptors (Lipinski definition) is 3. The third kappa shape index (κ3) is 3.70. The third-order valence-electron chi connectivity index (χ3n) is 3.45. The van der Waals surface area contributed by atoms with Gasteiger partial charge < -0.3 is 14.8 Å². The topological polar surface area (TPSA) is 30.5 Å².